The van der Waals surface area contributed by atoms with Gasteiger partial charge in [0.1, 0.15) is 0 Å². The van der Waals surface area contributed by atoms with Gasteiger partial charge in [0.2, 0.25) is 15.9 Å². The molecule has 0 aromatic heterocycles. The van der Waals surface area contributed by atoms with Crippen LogP contribution in [0.5, 0.6) is 0 Å². The van der Waals surface area contributed by atoms with E-state index in [1.807, 2.05) is 20.8 Å². The maximum absolute atomic E-state index is 12.5. The van der Waals surface area contributed by atoms with Crippen molar-refractivity contribution in [1.29, 1.82) is 0 Å². The van der Waals surface area contributed by atoms with Crippen molar-refractivity contribution in [3.63, 3.8) is 0 Å². The van der Waals surface area contributed by atoms with Crippen LogP contribution in [0, 0.1) is 0 Å². The van der Waals surface area contributed by atoms with E-state index in [-0.39, 0.29) is 16.1 Å². The second-order valence-corrected chi connectivity index (χ2v) is 8.35. The van der Waals surface area contributed by atoms with E-state index in [2.05, 4.69) is 5.32 Å². The molecule has 0 unspecified atom stereocenters. The van der Waals surface area contributed by atoms with Gasteiger partial charge >= 0.3 is 0 Å². The summed E-state index contributed by atoms with van der Waals surface area (Å²) in [4.78, 5) is 12.9. The highest BCUT2D eigenvalue weighted by Gasteiger charge is 2.25. The van der Waals surface area contributed by atoms with Crippen molar-refractivity contribution in [2.24, 2.45) is 0 Å². The second kappa shape index (κ2) is 6.37. The third-order valence-electron chi connectivity index (χ3n) is 3.37. The molecule has 1 aromatic rings. The maximum Gasteiger partial charge on any atom is 0.243 e. The smallest absolute Gasteiger partial charge is 0.243 e. The number of sulfonamides is 1. The minimum absolute atomic E-state index is 0.0777. The zero-order valence-corrected chi connectivity index (χ0v) is 14.1. The van der Waals surface area contributed by atoms with Gasteiger partial charge in [0, 0.05) is 29.7 Å². The fraction of sp³-hybridized carbons (Fsp3) is 0.500. The number of benzene rings is 1. The highest BCUT2D eigenvalue weighted by atomic mass is 32.2. The lowest BCUT2D eigenvalue weighted by Gasteiger charge is -2.19. The van der Waals surface area contributed by atoms with Crippen LogP contribution in [-0.4, -0.2) is 37.0 Å². The van der Waals surface area contributed by atoms with E-state index < -0.39 is 10.0 Å². The standard InChI is InChI=1S/C14H20N2O3S2/c1-4-16(5-2)21(18,19)11-6-7-13-12(9-11)15-14(17)8-10(3)20-13/h6-7,9-10H,4-5,8H2,1-3H3,(H,15,17)/t10-/m0/s1. The van der Waals surface area contributed by atoms with Crippen LogP contribution in [0.3, 0.4) is 0 Å². The highest BCUT2D eigenvalue weighted by Crippen LogP contribution is 2.36. The van der Waals surface area contributed by atoms with E-state index in [0.717, 1.165) is 4.90 Å². The number of nitrogens with zero attached hydrogens (tertiary/aromatic N) is 1. The number of amides is 1. The summed E-state index contributed by atoms with van der Waals surface area (Å²) >= 11 is 1.58. The first-order valence-electron chi connectivity index (χ1n) is 6.99. The van der Waals surface area contributed by atoms with Crippen molar-refractivity contribution in [2.45, 2.75) is 42.2 Å². The van der Waals surface area contributed by atoms with Crippen LogP contribution in [0.25, 0.3) is 0 Å². The first kappa shape index (κ1) is 16.3. The average molecular weight is 328 g/mol. The Bertz CT molecular complexity index is 640. The lowest BCUT2D eigenvalue weighted by Crippen LogP contribution is -2.30. The minimum Gasteiger partial charge on any atom is -0.325 e. The average Bonchev–Trinajstić information content (AvgIpc) is 2.55. The van der Waals surface area contributed by atoms with Gasteiger partial charge in [-0.15, -0.1) is 11.8 Å². The molecule has 1 aromatic carbocycles. The molecule has 1 aliphatic heterocycles. The summed E-state index contributed by atoms with van der Waals surface area (Å²) in [6.45, 7) is 6.45. The van der Waals surface area contributed by atoms with Gasteiger partial charge in [-0.3, -0.25) is 4.79 Å². The van der Waals surface area contributed by atoms with Gasteiger partial charge < -0.3 is 5.32 Å². The quantitative estimate of drug-likeness (QED) is 0.922. The summed E-state index contributed by atoms with van der Waals surface area (Å²) in [6.07, 6.45) is 0.428. The van der Waals surface area contributed by atoms with E-state index in [4.69, 9.17) is 0 Å². The number of anilines is 1. The molecule has 0 spiro atoms. The number of hydrogen-bond donors (Lipinski definition) is 1. The Hall–Kier alpha value is -1.05. The van der Waals surface area contributed by atoms with Crippen LogP contribution in [0.4, 0.5) is 5.69 Å². The summed E-state index contributed by atoms with van der Waals surface area (Å²) in [7, 11) is -3.50. The number of fused-ring (bicyclic) bond motifs is 1. The molecular weight excluding hydrogens is 308 g/mol. The van der Waals surface area contributed by atoms with Crippen LogP contribution >= 0.6 is 11.8 Å². The van der Waals surface area contributed by atoms with E-state index >= 15 is 0 Å². The molecule has 21 heavy (non-hydrogen) atoms. The highest BCUT2D eigenvalue weighted by molar-refractivity contribution is 8.00. The second-order valence-electron chi connectivity index (χ2n) is 4.93. The van der Waals surface area contributed by atoms with E-state index in [1.54, 1.807) is 30.0 Å². The molecule has 1 aliphatic rings. The van der Waals surface area contributed by atoms with Crippen LogP contribution in [0.15, 0.2) is 28.0 Å². The largest absolute Gasteiger partial charge is 0.325 e. The van der Waals surface area contributed by atoms with Gasteiger partial charge in [-0.2, -0.15) is 4.31 Å². The monoisotopic (exact) mass is 328 g/mol. The summed E-state index contributed by atoms with van der Waals surface area (Å²) < 4.78 is 26.4. The molecule has 0 radical (unpaired) electrons. The summed E-state index contributed by atoms with van der Waals surface area (Å²) in [5.41, 5.74) is 0.586. The van der Waals surface area contributed by atoms with Gasteiger partial charge in [0.05, 0.1) is 10.6 Å². The van der Waals surface area contributed by atoms with Crippen LogP contribution in [0.2, 0.25) is 0 Å². The molecule has 0 fully saturated rings. The molecule has 1 heterocycles. The van der Waals surface area contributed by atoms with Crippen molar-refractivity contribution >= 4 is 33.4 Å². The number of hydrogen-bond acceptors (Lipinski definition) is 4. The maximum atomic E-state index is 12.5. The molecular formula is C14H20N2O3S2. The van der Waals surface area contributed by atoms with Crippen molar-refractivity contribution in [3.8, 4) is 0 Å². The predicted molar refractivity (Wildman–Crippen MR) is 85.1 cm³/mol. The number of carbonyl (C=O) groups excluding carboxylic acids is 1. The molecule has 2 rings (SSSR count). The fourth-order valence-corrected chi connectivity index (χ4v) is 4.84. The van der Waals surface area contributed by atoms with E-state index in [1.165, 1.54) is 4.31 Å². The summed E-state index contributed by atoms with van der Waals surface area (Å²) in [6, 6.07) is 4.95. The van der Waals surface area contributed by atoms with E-state index in [0.29, 0.717) is 25.2 Å². The predicted octanol–water partition coefficient (Wildman–Crippen LogP) is 2.54. The molecule has 5 nitrogen and oxygen atoms in total. The molecule has 1 N–H and O–H groups in total. The molecule has 7 heteroatoms. The Morgan fingerprint density at radius 3 is 2.62 bits per heavy atom. The lowest BCUT2D eigenvalue weighted by molar-refractivity contribution is -0.116. The Morgan fingerprint density at radius 2 is 2.00 bits per heavy atom. The number of rotatable bonds is 4. The number of nitrogens with one attached hydrogen (secondary N) is 1. The first-order chi connectivity index (χ1) is 9.88. The van der Waals surface area contributed by atoms with Crippen LogP contribution in [-0.2, 0) is 14.8 Å². The number of carbonyl (C=O) groups is 1. The summed E-state index contributed by atoms with van der Waals surface area (Å²) in [5, 5.41) is 2.97. The third kappa shape index (κ3) is 3.41. The minimum atomic E-state index is -3.50. The van der Waals surface area contributed by atoms with E-state index in [9.17, 15) is 13.2 Å². The van der Waals surface area contributed by atoms with Crippen molar-refractivity contribution in [2.75, 3.05) is 18.4 Å². The Morgan fingerprint density at radius 1 is 1.33 bits per heavy atom. The Balaban J connectivity index is 2.44. The van der Waals surface area contributed by atoms with Crippen LogP contribution < -0.4 is 5.32 Å². The van der Waals surface area contributed by atoms with Gasteiger partial charge in [0.15, 0.2) is 0 Å². The Labute approximate surface area is 130 Å². The fourth-order valence-electron chi connectivity index (χ4n) is 2.30. The zero-order valence-electron chi connectivity index (χ0n) is 12.4. The molecule has 116 valence electrons. The normalized spacial score (nSPS) is 19.0. The molecule has 1 amide bonds. The number of thioether (sulfide) groups is 1. The zero-order chi connectivity index (χ0) is 15.6. The molecule has 0 bridgehead atoms. The summed E-state index contributed by atoms with van der Waals surface area (Å²) in [5.74, 6) is -0.0777. The molecule has 0 saturated carbocycles. The van der Waals surface area contributed by atoms with Crippen LogP contribution in [0.1, 0.15) is 27.2 Å². The van der Waals surface area contributed by atoms with Gasteiger partial charge in [-0.25, -0.2) is 8.42 Å². The third-order valence-corrected chi connectivity index (χ3v) is 6.59. The topological polar surface area (TPSA) is 66.5 Å². The molecule has 0 saturated heterocycles. The lowest BCUT2D eigenvalue weighted by atomic mass is 10.3. The van der Waals surface area contributed by atoms with Crippen molar-refractivity contribution in [3.05, 3.63) is 18.2 Å². The Kier molecular flexibility index (Phi) is 4.95. The molecule has 1 atom stereocenters. The first-order valence-corrected chi connectivity index (χ1v) is 9.31. The SMILES string of the molecule is CCN(CC)S(=O)(=O)c1ccc2c(c1)NC(=O)C[C@H](C)S2. The van der Waals surface area contributed by atoms with Gasteiger partial charge in [-0.1, -0.05) is 20.8 Å². The van der Waals surface area contributed by atoms with Crippen molar-refractivity contribution < 1.29 is 13.2 Å². The van der Waals surface area contributed by atoms with Gasteiger partial charge in [-0.05, 0) is 18.2 Å². The van der Waals surface area contributed by atoms with Crippen molar-refractivity contribution in [1.82, 2.24) is 4.31 Å². The van der Waals surface area contributed by atoms with Gasteiger partial charge in [0.25, 0.3) is 0 Å². The molecule has 0 aliphatic carbocycles.